The number of nitrogens with zero attached hydrogens (tertiary/aromatic N) is 3. The molecule has 1 aliphatic heterocycles. The Morgan fingerprint density at radius 1 is 1.23 bits per heavy atom. The van der Waals surface area contributed by atoms with Crippen LogP contribution in [0.1, 0.15) is 47.1 Å². The van der Waals surface area contributed by atoms with Crippen LogP contribution in [0.3, 0.4) is 0 Å². The highest BCUT2D eigenvalue weighted by atomic mass is 16.4. The largest absolute Gasteiger partial charge is 0.423 e. The van der Waals surface area contributed by atoms with E-state index in [1.165, 1.54) is 5.56 Å². The zero-order chi connectivity index (χ0) is 18.3. The van der Waals surface area contributed by atoms with Crippen LogP contribution in [0.4, 0.5) is 0 Å². The molecule has 3 heterocycles. The molecule has 1 fully saturated rings. The van der Waals surface area contributed by atoms with E-state index in [1.807, 2.05) is 19.9 Å². The molecule has 0 aliphatic carbocycles. The minimum atomic E-state index is -0.283. The summed E-state index contributed by atoms with van der Waals surface area (Å²) in [7, 11) is 0. The standard InChI is InChI=1S/C20H24N4O2/c1-12-7-17-16(9-19(25)26-18(17)8-13(12)2)11-24-6-4-5-15(10-24)20-21-14(3)22-23-20/h7-9,15H,4-6,10-11H2,1-3H3,(H,21,22,23). The molecule has 1 saturated heterocycles. The lowest BCUT2D eigenvalue weighted by Crippen LogP contribution is -2.34. The predicted molar refractivity (Wildman–Crippen MR) is 100 cm³/mol. The molecule has 136 valence electrons. The van der Waals surface area contributed by atoms with Gasteiger partial charge in [0.1, 0.15) is 11.4 Å². The molecule has 2 aromatic heterocycles. The fourth-order valence-electron chi connectivity index (χ4n) is 3.81. The molecule has 0 radical (unpaired) electrons. The molecule has 3 aromatic rings. The van der Waals surface area contributed by atoms with Gasteiger partial charge in [0.25, 0.3) is 0 Å². The van der Waals surface area contributed by atoms with Crippen molar-refractivity contribution in [1.29, 1.82) is 0 Å². The van der Waals surface area contributed by atoms with Crippen molar-refractivity contribution in [3.8, 4) is 0 Å². The minimum Gasteiger partial charge on any atom is -0.423 e. The van der Waals surface area contributed by atoms with Gasteiger partial charge in [0.2, 0.25) is 0 Å². The number of aromatic amines is 1. The van der Waals surface area contributed by atoms with E-state index in [1.54, 1.807) is 6.07 Å². The third-order valence-corrected chi connectivity index (χ3v) is 5.32. The van der Waals surface area contributed by atoms with Crippen molar-refractivity contribution in [1.82, 2.24) is 20.1 Å². The molecule has 6 heteroatoms. The summed E-state index contributed by atoms with van der Waals surface area (Å²) < 4.78 is 5.42. The molecule has 1 unspecified atom stereocenters. The van der Waals surface area contributed by atoms with Crippen molar-refractivity contribution in [2.24, 2.45) is 0 Å². The summed E-state index contributed by atoms with van der Waals surface area (Å²) >= 11 is 0. The number of aryl methyl sites for hydroxylation is 3. The average Bonchev–Trinajstić information content (AvgIpc) is 3.03. The number of rotatable bonds is 3. The molecule has 0 saturated carbocycles. The van der Waals surface area contributed by atoms with Crippen LogP contribution in [0.15, 0.2) is 27.4 Å². The monoisotopic (exact) mass is 352 g/mol. The van der Waals surface area contributed by atoms with Crippen LogP contribution in [0.5, 0.6) is 0 Å². The SMILES string of the molecule is Cc1nc(C2CCCN(Cc3cc(=O)oc4cc(C)c(C)cc34)C2)n[nH]1. The van der Waals surface area contributed by atoms with Gasteiger partial charge in [0.15, 0.2) is 5.82 Å². The van der Waals surface area contributed by atoms with Crippen LogP contribution in [0, 0.1) is 20.8 Å². The molecule has 0 amide bonds. The highest BCUT2D eigenvalue weighted by molar-refractivity contribution is 5.81. The highest BCUT2D eigenvalue weighted by Crippen LogP contribution is 2.27. The Morgan fingerprint density at radius 3 is 2.81 bits per heavy atom. The number of likely N-dealkylation sites (tertiary alicyclic amines) is 1. The van der Waals surface area contributed by atoms with Gasteiger partial charge in [0.05, 0.1) is 0 Å². The summed E-state index contributed by atoms with van der Waals surface area (Å²) in [5.41, 5.74) is 3.77. The van der Waals surface area contributed by atoms with Crippen LogP contribution < -0.4 is 5.63 Å². The lowest BCUT2D eigenvalue weighted by atomic mass is 9.96. The van der Waals surface area contributed by atoms with Crippen LogP contribution >= 0.6 is 0 Å². The summed E-state index contributed by atoms with van der Waals surface area (Å²) in [6, 6.07) is 5.73. The van der Waals surface area contributed by atoms with Crippen LogP contribution in [-0.4, -0.2) is 33.2 Å². The topological polar surface area (TPSA) is 75.0 Å². The second-order valence-electron chi connectivity index (χ2n) is 7.38. The van der Waals surface area contributed by atoms with E-state index in [4.69, 9.17) is 4.42 Å². The summed E-state index contributed by atoms with van der Waals surface area (Å²) in [5, 5.41) is 8.31. The summed E-state index contributed by atoms with van der Waals surface area (Å²) in [6.07, 6.45) is 2.21. The van der Waals surface area contributed by atoms with E-state index in [0.29, 0.717) is 11.5 Å². The Bertz CT molecular complexity index is 1000. The summed E-state index contributed by atoms with van der Waals surface area (Å²) in [6.45, 7) is 8.72. The quantitative estimate of drug-likeness (QED) is 0.733. The molecule has 0 bridgehead atoms. The zero-order valence-electron chi connectivity index (χ0n) is 15.5. The fraction of sp³-hybridized carbons (Fsp3) is 0.450. The van der Waals surface area contributed by atoms with Crippen molar-refractivity contribution in [2.75, 3.05) is 13.1 Å². The predicted octanol–water partition coefficient (Wildman–Crippen LogP) is 3.22. The Labute approximate surface area is 152 Å². The summed E-state index contributed by atoms with van der Waals surface area (Å²) in [4.78, 5) is 18.9. The van der Waals surface area contributed by atoms with E-state index in [-0.39, 0.29) is 5.63 Å². The first-order valence-corrected chi connectivity index (χ1v) is 9.15. The van der Waals surface area contributed by atoms with E-state index in [2.05, 4.69) is 33.1 Å². The van der Waals surface area contributed by atoms with Gasteiger partial charge in [-0.1, -0.05) is 0 Å². The Balaban J connectivity index is 1.62. The first kappa shape index (κ1) is 17.0. The fourth-order valence-corrected chi connectivity index (χ4v) is 3.81. The Kier molecular flexibility index (Phi) is 4.36. The first-order valence-electron chi connectivity index (χ1n) is 9.15. The molecule has 1 aromatic carbocycles. The first-order chi connectivity index (χ1) is 12.5. The molecule has 1 aliphatic rings. The van der Waals surface area contributed by atoms with Crippen molar-refractivity contribution in [3.63, 3.8) is 0 Å². The number of benzene rings is 1. The third-order valence-electron chi connectivity index (χ3n) is 5.32. The number of H-pyrrole nitrogens is 1. The third kappa shape index (κ3) is 3.29. The van der Waals surface area contributed by atoms with Crippen molar-refractivity contribution >= 4 is 11.0 Å². The van der Waals surface area contributed by atoms with Gasteiger partial charge in [-0.3, -0.25) is 10.00 Å². The molecule has 6 nitrogen and oxygen atoms in total. The van der Waals surface area contributed by atoms with Gasteiger partial charge >= 0.3 is 5.63 Å². The van der Waals surface area contributed by atoms with E-state index in [0.717, 1.165) is 60.6 Å². The maximum atomic E-state index is 12.0. The van der Waals surface area contributed by atoms with Gasteiger partial charge in [0, 0.05) is 30.5 Å². The van der Waals surface area contributed by atoms with Crippen molar-refractivity contribution in [2.45, 2.75) is 46.1 Å². The normalized spacial score (nSPS) is 18.5. The maximum Gasteiger partial charge on any atom is 0.336 e. The van der Waals surface area contributed by atoms with Crippen LogP contribution in [-0.2, 0) is 6.54 Å². The number of fused-ring (bicyclic) bond motifs is 1. The van der Waals surface area contributed by atoms with Gasteiger partial charge in [-0.15, -0.1) is 0 Å². The number of hydrogen-bond acceptors (Lipinski definition) is 5. The molecular weight excluding hydrogens is 328 g/mol. The minimum absolute atomic E-state index is 0.283. The smallest absolute Gasteiger partial charge is 0.336 e. The van der Waals surface area contributed by atoms with E-state index in [9.17, 15) is 4.79 Å². The van der Waals surface area contributed by atoms with Gasteiger partial charge in [-0.2, -0.15) is 5.10 Å². The van der Waals surface area contributed by atoms with Gasteiger partial charge in [-0.05, 0) is 69.0 Å². The Hall–Kier alpha value is -2.47. The van der Waals surface area contributed by atoms with Crippen molar-refractivity contribution < 1.29 is 4.42 Å². The maximum absolute atomic E-state index is 12.0. The molecule has 26 heavy (non-hydrogen) atoms. The highest BCUT2D eigenvalue weighted by Gasteiger charge is 2.25. The van der Waals surface area contributed by atoms with Crippen molar-refractivity contribution in [3.05, 3.63) is 57.0 Å². The zero-order valence-corrected chi connectivity index (χ0v) is 15.5. The Morgan fingerprint density at radius 2 is 2.04 bits per heavy atom. The summed E-state index contributed by atoms with van der Waals surface area (Å²) in [5.74, 6) is 2.09. The van der Waals surface area contributed by atoms with E-state index >= 15 is 0 Å². The second kappa shape index (κ2) is 6.68. The van der Waals surface area contributed by atoms with E-state index < -0.39 is 0 Å². The molecule has 1 atom stereocenters. The van der Waals surface area contributed by atoms with Crippen LogP contribution in [0.25, 0.3) is 11.0 Å². The number of nitrogens with one attached hydrogen (secondary N) is 1. The van der Waals surface area contributed by atoms with Gasteiger partial charge in [-0.25, -0.2) is 9.78 Å². The second-order valence-corrected chi connectivity index (χ2v) is 7.38. The number of piperidine rings is 1. The van der Waals surface area contributed by atoms with Crippen LogP contribution in [0.2, 0.25) is 0 Å². The lowest BCUT2D eigenvalue weighted by molar-refractivity contribution is 0.197. The number of aromatic nitrogens is 3. The molecular formula is C20H24N4O2. The average molecular weight is 352 g/mol. The lowest BCUT2D eigenvalue weighted by Gasteiger charge is -2.31. The molecule has 0 spiro atoms. The molecule has 1 N–H and O–H groups in total. The van der Waals surface area contributed by atoms with Gasteiger partial charge < -0.3 is 4.42 Å². The number of hydrogen-bond donors (Lipinski definition) is 1. The molecule has 4 rings (SSSR count).